The number of nitrogens with one attached hydrogen (secondary N) is 1. The predicted molar refractivity (Wildman–Crippen MR) is 41.6 cm³/mol. The van der Waals surface area contributed by atoms with Crippen LogP contribution in [0.15, 0.2) is 0 Å². The molecule has 2 heteroatoms. The molecule has 0 atom stereocenters. The summed E-state index contributed by atoms with van der Waals surface area (Å²) in [5, 5.41) is 2.44. The van der Waals surface area contributed by atoms with Crippen LogP contribution in [0.3, 0.4) is 0 Å². The molecule has 2 aliphatic rings. The van der Waals surface area contributed by atoms with Gasteiger partial charge in [-0.3, -0.25) is 5.43 Å². The second-order valence-electron chi connectivity index (χ2n) is 3.56. The third kappa shape index (κ3) is 0.867. The van der Waals surface area contributed by atoms with Gasteiger partial charge < -0.3 is 0 Å². The molecule has 2 fully saturated rings. The highest BCUT2D eigenvalue weighted by Crippen LogP contribution is 2.46. The lowest BCUT2D eigenvalue weighted by molar-refractivity contribution is 0.0807. The Morgan fingerprint density at radius 1 is 1.20 bits per heavy atom. The molecular formula is C8H16N2. The lowest BCUT2D eigenvalue weighted by atomic mass is 10.0. The molecule has 1 heterocycles. The average molecular weight is 140 g/mol. The molecule has 1 aliphatic carbocycles. The Balaban J connectivity index is 2.01. The Hall–Kier alpha value is -0.0800. The van der Waals surface area contributed by atoms with E-state index in [1.54, 1.807) is 0 Å². The topological polar surface area (TPSA) is 15.3 Å². The number of rotatable bonds is 1. The van der Waals surface area contributed by atoms with Crippen molar-refractivity contribution in [2.75, 3.05) is 13.6 Å². The van der Waals surface area contributed by atoms with Gasteiger partial charge in [-0.25, -0.2) is 5.01 Å². The summed E-state index contributed by atoms with van der Waals surface area (Å²) in [6, 6.07) is 0. The summed E-state index contributed by atoms with van der Waals surface area (Å²) in [4.78, 5) is 0. The zero-order valence-electron chi connectivity index (χ0n) is 6.69. The molecule has 1 saturated heterocycles. The fourth-order valence-corrected chi connectivity index (χ4v) is 2.11. The van der Waals surface area contributed by atoms with Crippen LogP contribution in [-0.2, 0) is 0 Å². The van der Waals surface area contributed by atoms with E-state index in [2.05, 4.69) is 10.4 Å². The average Bonchev–Trinajstić information content (AvgIpc) is 2.71. The SMILES string of the molecule is CNN1CCCCC12CC2. The molecule has 1 N–H and O–H groups in total. The molecule has 0 radical (unpaired) electrons. The molecule has 0 aromatic heterocycles. The lowest BCUT2D eigenvalue weighted by Gasteiger charge is -2.35. The first-order valence-corrected chi connectivity index (χ1v) is 4.32. The molecular weight excluding hydrogens is 124 g/mol. The van der Waals surface area contributed by atoms with Crippen molar-refractivity contribution >= 4 is 0 Å². The third-order valence-electron chi connectivity index (χ3n) is 2.94. The van der Waals surface area contributed by atoms with E-state index >= 15 is 0 Å². The van der Waals surface area contributed by atoms with Crippen molar-refractivity contribution in [3.63, 3.8) is 0 Å². The summed E-state index contributed by atoms with van der Waals surface area (Å²) in [7, 11) is 2.05. The fraction of sp³-hybridized carbons (Fsp3) is 1.00. The van der Waals surface area contributed by atoms with Crippen molar-refractivity contribution in [1.82, 2.24) is 10.4 Å². The standard InChI is InChI=1S/C8H16N2/c1-9-10-7-3-2-4-8(10)5-6-8/h9H,2-7H2,1H3. The second kappa shape index (κ2) is 2.21. The highest BCUT2D eigenvalue weighted by Gasteiger charge is 2.48. The summed E-state index contributed by atoms with van der Waals surface area (Å²) in [5.74, 6) is 0. The number of piperidine rings is 1. The predicted octanol–water partition coefficient (Wildman–Crippen LogP) is 1.14. The highest BCUT2D eigenvalue weighted by atomic mass is 15.5. The lowest BCUT2D eigenvalue weighted by Crippen LogP contribution is -2.48. The molecule has 0 aromatic rings. The van der Waals surface area contributed by atoms with Crippen LogP contribution < -0.4 is 5.43 Å². The molecule has 1 saturated carbocycles. The Labute approximate surface area is 62.6 Å². The second-order valence-corrected chi connectivity index (χ2v) is 3.56. The van der Waals surface area contributed by atoms with Crippen LogP contribution >= 0.6 is 0 Å². The quantitative estimate of drug-likeness (QED) is 0.587. The van der Waals surface area contributed by atoms with E-state index in [1.807, 2.05) is 7.05 Å². The summed E-state index contributed by atoms with van der Waals surface area (Å²) < 4.78 is 0. The van der Waals surface area contributed by atoms with E-state index in [0.29, 0.717) is 5.54 Å². The number of hydrogen-bond acceptors (Lipinski definition) is 2. The minimum Gasteiger partial charge on any atom is -0.258 e. The largest absolute Gasteiger partial charge is 0.258 e. The zero-order chi connectivity index (χ0) is 7.03. The van der Waals surface area contributed by atoms with E-state index in [-0.39, 0.29) is 0 Å². The fourth-order valence-electron chi connectivity index (χ4n) is 2.11. The minimum atomic E-state index is 0.618. The van der Waals surface area contributed by atoms with Crippen LogP contribution in [-0.4, -0.2) is 24.1 Å². The van der Waals surface area contributed by atoms with Gasteiger partial charge in [0.25, 0.3) is 0 Å². The first kappa shape index (κ1) is 6.62. The van der Waals surface area contributed by atoms with E-state index in [0.717, 1.165) is 0 Å². The van der Waals surface area contributed by atoms with E-state index in [4.69, 9.17) is 0 Å². The van der Waals surface area contributed by atoms with Gasteiger partial charge in [-0.2, -0.15) is 0 Å². The maximum Gasteiger partial charge on any atom is 0.0355 e. The molecule has 2 nitrogen and oxygen atoms in total. The van der Waals surface area contributed by atoms with Gasteiger partial charge in [0.2, 0.25) is 0 Å². The van der Waals surface area contributed by atoms with Crippen molar-refractivity contribution < 1.29 is 0 Å². The molecule has 1 spiro atoms. The maximum atomic E-state index is 3.29. The van der Waals surface area contributed by atoms with Crippen molar-refractivity contribution in [2.45, 2.75) is 37.6 Å². The number of hydrazine groups is 1. The van der Waals surface area contributed by atoms with Crippen LogP contribution in [0.2, 0.25) is 0 Å². The third-order valence-corrected chi connectivity index (χ3v) is 2.94. The van der Waals surface area contributed by atoms with Crippen LogP contribution in [0.4, 0.5) is 0 Å². The normalized spacial score (nSPS) is 30.9. The Bertz CT molecular complexity index is 129. The van der Waals surface area contributed by atoms with Crippen molar-refractivity contribution in [3.8, 4) is 0 Å². The maximum absolute atomic E-state index is 3.29. The van der Waals surface area contributed by atoms with Gasteiger partial charge >= 0.3 is 0 Å². The van der Waals surface area contributed by atoms with Crippen LogP contribution in [0.25, 0.3) is 0 Å². The molecule has 1 aliphatic heterocycles. The molecule has 0 bridgehead atoms. The molecule has 58 valence electrons. The Kier molecular flexibility index (Phi) is 1.46. The number of hydrogen-bond donors (Lipinski definition) is 1. The Morgan fingerprint density at radius 3 is 2.50 bits per heavy atom. The van der Waals surface area contributed by atoms with Crippen LogP contribution in [0.1, 0.15) is 32.1 Å². The van der Waals surface area contributed by atoms with Gasteiger partial charge in [0.15, 0.2) is 0 Å². The summed E-state index contributed by atoms with van der Waals surface area (Å²) in [6.45, 7) is 1.26. The summed E-state index contributed by atoms with van der Waals surface area (Å²) >= 11 is 0. The van der Waals surface area contributed by atoms with Gasteiger partial charge in [-0.05, 0) is 32.7 Å². The molecule has 0 aromatic carbocycles. The van der Waals surface area contributed by atoms with Crippen LogP contribution in [0, 0.1) is 0 Å². The van der Waals surface area contributed by atoms with Gasteiger partial charge in [0.05, 0.1) is 0 Å². The smallest absolute Gasteiger partial charge is 0.0355 e. The number of nitrogens with zero attached hydrogens (tertiary/aromatic N) is 1. The Morgan fingerprint density at radius 2 is 2.00 bits per heavy atom. The first-order chi connectivity index (χ1) is 4.87. The monoisotopic (exact) mass is 140 g/mol. The summed E-state index contributed by atoms with van der Waals surface area (Å²) in [5.41, 5.74) is 3.91. The highest BCUT2D eigenvalue weighted by molar-refractivity contribution is 5.03. The van der Waals surface area contributed by atoms with Gasteiger partial charge in [0, 0.05) is 12.1 Å². The molecule has 0 amide bonds. The van der Waals surface area contributed by atoms with E-state index < -0.39 is 0 Å². The first-order valence-electron chi connectivity index (χ1n) is 4.32. The van der Waals surface area contributed by atoms with Crippen molar-refractivity contribution in [1.29, 1.82) is 0 Å². The van der Waals surface area contributed by atoms with E-state index in [1.165, 1.54) is 38.6 Å². The molecule has 2 rings (SSSR count). The zero-order valence-corrected chi connectivity index (χ0v) is 6.69. The van der Waals surface area contributed by atoms with Gasteiger partial charge in [0.1, 0.15) is 0 Å². The van der Waals surface area contributed by atoms with Crippen LogP contribution in [0.5, 0.6) is 0 Å². The van der Waals surface area contributed by atoms with Crippen molar-refractivity contribution in [2.24, 2.45) is 0 Å². The van der Waals surface area contributed by atoms with E-state index in [9.17, 15) is 0 Å². The van der Waals surface area contributed by atoms with Crippen molar-refractivity contribution in [3.05, 3.63) is 0 Å². The minimum absolute atomic E-state index is 0.618. The molecule has 0 unspecified atom stereocenters. The molecule has 10 heavy (non-hydrogen) atoms. The van der Waals surface area contributed by atoms with Gasteiger partial charge in [-0.15, -0.1) is 0 Å². The summed E-state index contributed by atoms with van der Waals surface area (Å²) in [6.07, 6.45) is 7.09. The van der Waals surface area contributed by atoms with Gasteiger partial charge in [-0.1, -0.05) is 6.42 Å².